The molecule has 0 saturated carbocycles. The fourth-order valence-corrected chi connectivity index (χ4v) is 3.51. The lowest BCUT2D eigenvalue weighted by Crippen LogP contribution is -2.21. The quantitative estimate of drug-likeness (QED) is 0.903. The van der Waals surface area contributed by atoms with Gasteiger partial charge < -0.3 is 10.5 Å². The zero-order valence-corrected chi connectivity index (χ0v) is 10.9. The van der Waals surface area contributed by atoms with E-state index in [0.717, 1.165) is 5.56 Å². The van der Waals surface area contributed by atoms with E-state index in [9.17, 15) is 0 Å². The highest BCUT2D eigenvalue weighted by molar-refractivity contribution is 8.00. The number of halogens is 1. The summed E-state index contributed by atoms with van der Waals surface area (Å²) in [5.41, 5.74) is 7.37. The SMILES string of the molecule is COc1cc(C(N)C2CCCS2)ccc1Cl. The largest absolute Gasteiger partial charge is 0.495 e. The van der Waals surface area contributed by atoms with Crippen LogP contribution in [0.5, 0.6) is 5.75 Å². The van der Waals surface area contributed by atoms with Gasteiger partial charge in [-0.15, -0.1) is 0 Å². The van der Waals surface area contributed by atoms with Gasteiger partial charge in [0.15, 0.2) is 0 Å². The Morgan fingerprint density at radius 2 is 2.38 bits per heavy atom. The molecule has 0 aliphatic carbocycles. The normalized spacial score (nSPS) is 22.1. The summed E-state index contributed by atoms with van der Waals surface area (Å²) >= 11 is 7.95. The molecule has 88 valence electrons. The fraction of sp³-hybridized carbons (Fsp3) is 0.500. The molecule has 2 nitrogen and oxygen atoms in total. The van der Waals surface area contributed by atoms with Crippen LogP contribution in [0.4, 0.5) is 0 Å². The summed E-state index contributed by atoms with van der Waals surface area (Å²) in [4.78, 5) is 0. The molecule has 2 atom stereocenters. The predicted molar refractivity (Wildman–Crippen MR) is 70.4 cm³/mol. The maximum Gasteiger partial charge on any atom is 0.137 e. The molecule has 2 unspecified atom stereocenters. The van der Waals surface area contributed by atoms with Crippen molar-refractivity contribution in [3.8, 4) is 5.75 Å². The van der Waals surface area contributed by atoms with Crippen molar-refractivity contribution in [1.29, 1.82) is 0 Å². The molecule has 1 fully saturated rings. The van der Waals surface area contributed by atoms with Crippen LogP contribution in [0.3, 0.4) is 0 Å². The van der Waals surface area contributed by atoms with Crippen molar-refractivity contribution in [3.63, 3.8) is 0 Å². The molecule has 2 N–H and O–H groups in total. The first kappa shape index (κ1) is 12.1. The first-order valence-electron chi connectivity index (χ1n) is 5.43. The van der Waals surface area contributed by atoms with Crippen LogP contribution in [-0.2, 0) is 0 Å². The Balaban J connectivity index is 2.19. The number of methoxy groups -OCH3 is 1. The molecule has 16 heavy (non-hydrogen) atoms. The van der Waals surface area contributed by atoms with Crippen molar-refractivity contribution >= 4 is 23.4 Å². The van der Waals surface area contributed by atoms with Crippen LogP contribution in [0.15, 0.2) is 18.2 Å². The second-order valence-electron chi connectivity index (χ2n) is 3.97. The van der Waals surface area contributed by atoms with Crippen molar-refractivity contribution in [2.24, 2.45) is 5.73 Å². The van der Waals surface area contributed by atoms with E-state index < -0.39 is 0 Å². The van der Waals surface area contributed by atoms with E-state index in [1.165, 1.54) is 18.6 Å². The highest BCUT2D eigenvalue weighted by Crippen LogP contribution is 2.36. The molecular weight excluding hydrogens is 242 g/mol. The second kappa shape index (κ2) is 5.30. The van der Waals surface area contributed by atoms with E-state index in [0.29, 0.717) is 16.0 Å². The van der Waals surface area contributed by atoms with Gasteiger partial charge in [-0.25, -0.2) is 0 Å². The molecule has 1 aromatic carbocycles. The summed E-state index contributed by atoms with van der Waals surface area (Å²) in [6.45, 7) is 0. The Hall–Kier alpha value is -0.380. The van der Waals surface area contributed by atoms with E-state index >= 15 is 0 Å². The Labute approximate surface area is 105 Å². The molecular formula is C12H16ClNOS. The van der Waals surface area contributed by atoms with E-state index in [1.54, 1.807) is 7.11 Å². The van der Waals surface area contributed by atoms with Crippen molar-refractivity contribution < 1.29 is 4.74 Å². The van der Waals surface area contributed by atoms with Gasteiger partial charge in [-0.3, -0.25) is 0 Å². The topological polar surface area (TPSA) is 35.2 Å². The van der Waals surface area contributed by atoms with Crippen LogP contribution in [0.2, 0.25) is 5.02 Å². The molecule has 1 aliphatic rings. The average molecular weight is 258 g/mol. The lowest BCUT2D eigenvalue weighted by molar-refractivity contribution is 0.414. The van der Waals surface area contributed by atoms with Crippen LogP contribution in [0, 0.1) is 0 Å². The molecule has 4 heteroatoms. The molecule has 2 rings (SSSR count). The summed E-state index contributed by atoms with van der Waals surface area (Å²) in [5, 5.41) is 1.17. The first-order chi connectivity index (χ1) is 7.72. The van der Waals surface area contributed by atoms with Gasteiger partial charge >= 0.3 is 0 Å². The van der Waals surface area contributed by atoms with Gasteiger partial charge in [0.25, 0.3) is 0 Å². The third-order valence-corrected chi connectivity index (χ3v) is 4.72. The van der Waals surface area contributed by atoms with Gasteiger partial charge in [0.05, 0.1) is 12.1 Å². The second-order valence-corrected chi connectivity index (χ2v) is 5.73. The third kappa shape index (κ3) is 2.47. The monoisotopic (exact) mass is 257 g/mol. The number of thioether (sulfide) groups is 1. The van der Waals surface area contributed by atoms with Gasteiger partial charge in [-0.1, -0.05) is 17.7 Å². The maximum atomic E-state index is 6.25. The number of benzene rings is 1. The lowest BCUT2D eigenvalue weighted by Gasteiger charge is -2.19. The van der Waals surface area contributed by atoms with E-state index in [1.807, 2.05) is 30.0 Å². The predicted octanol–water partition coefficient (Wildman–Crippen LogP) is 3.24. The van der Waals surface area contributed by atoms with E-state index in [-0.39, 0.29) is 6.04 Å². The summed E-state index contributed by atoms with van der Waals surface area (Å²) in [6.07, 6.45) is 2.48. The summed E-state index contributed by atoms with van der Waals surface area (Å²) in [5.74, 6) is 1.93. The van der Waals surface area contributed by atoms with Gasteiger partial charge in [-0.2, -0.15) is 11.8 Å². The molecule has 1 saturated heterocycles. The fourth-order valence-electron chi connectivity index (χ4n) is 1.98. The standard InChI is InChI=1S/C12H16ClNOS/c1-15-10-7-8(4-5-9(10)13)12(14)11-3-2-6-16-11/h4-5,7,11-12H,2-3,6,14H2,1H3. The van der Waals surface area contributed by atoms with Gasteiger partial charge in [0.2, 0.25) is 0 Å². The van der Waals surface area contributed by atoms with Crippen molar-refractivity contribution in [1.82, 2.24) is 0 Å². The minimum Gasteiger partial charge on any atom is -0.495 e. The molecule has 1 aliphatic heterocycles. The van der Waals surface area contributed by atoms with Gasteiger partial charge in [0.1, 0.15) is 5.75 Å². The number of hydrogen-bond acceptors (Lipinski definition) is 3. The number of nitrogens with two attached hydrogens (primary N) is 1. The molecule has 0 aromatic heterocycles. The molecule has 1 aromatic rings. The Morgan fingerprint density at radius 3 is 3.00 bits per heavy atom. The molecule has 1 heterocycles. The minimum absolute atomic E-state index is 0.0821. The maximum absolute atomic E-state index is 6.25. The Kier molecular flexibility index (Phi) is 4.00. The lowest BCUT2D eigenvalue weighted by atomic mass is 10.0. The highest BCUT2D eigenvalue weighted by Gasteiger charge is 2.24. The van der Waals surface area contributed by atoms with Crippen LogP contribution in [0.25, 0.3) is 0 Å². The Bertz CT molecular complexity index is 366. The molecule has 0 amide bonds. The minimum atomic E-state index is 0.0821. The number of hydrogen-bond donors (Lipinski definition) is 1. The first-order valence-corrected chi connectivity index (χ1v) is 6.85. The van der Waals surface area contributed by atoms with Crippen molar-refractivity contribution in [2.75, 3.05) is 12.9 Å². The van der Waals surface area contributed by atoms with Crippen molar-refractivity contribution in [3.05, 3.63) is 28.8 Å². The number of ether oxygens (including phenoxy) is 1. The van der Waals surface area contributed by atoms with Crippen LogP contribution < -0.4 is 10.5 Å². The third-order valence-electron chi connectivity index (χ3n) is 2.93. The highest BCUT2D eigenvalue weighted by atomic mass is 35.5. The zero-order valence-electron chi connectivity index (χ0n) is 9.28. The molecule has 0 spiro atoms. The summed E-state index contributed by atoms with van der Waals surface area (Å²) in [7, 11) is 1.63. The van der Waals surface area contributed by atoms with Gasteiger partial charge in [-0.05, 0) is 36.3 Å². The number of rotatable bonds is 3. The van der Waals surface area contributed by atoms with E-state index in [4.69, 9.17) is 22.1 Å². The smallest absolute Gasteiger partial charge is 0.137 e. The molecule has 0 bridgehead atoms. The van der Waals surface area contributed by atoms with E-state index in [2.05, 4.69) is 0 Å². The van der Waals surface area contributed by atoms with Crippen LogP contribution in [0.1, 0.15) is 24.4 Å². The van der Waals surface area contributed by atoms with Crippen LogP contribution in [-0.4, -0.2) is 18.1 Å². The summed E-state index contributed by atoms with van der Waals surface area (Å²) in [6, 6.07) is 5.88. The molecule has 0 radical (unpaired) electrons. The summed E-state index contributed by atoms with van der Waals surface area (Å²) < 4.78 is 5.20. The van der Waals surface area contributed by atoms with Gasteiger partial charge in [0, 0.05) is 11.3 Å². The van der Waals surface area contributed by atoms with Crippen LogP contribution >= 0.6 is 23.4 Å². The van der Waals surface area contributed by atoms with Crippen molar-refractivity contribution in [2.45, 2.75) is 24.1 Å². The zero-order chi connectivity index (χ0) is 11.5. The average Bonchev–Trinajstić information content (AvgIpc) is 2.82. The Morgan fingerprint density at radius 1 is 1.56 bits per heavy atom.